The molecule has 2 aliphatic rings. The standard InChI is InChI=1S/C21H23FN2O.C20H21FN2O/c1-15(18-10-9-17-7-5-13-24(2)20(17)14-18)23-21(25)12-11-16-6-3-4-8-19(16)22;1-14(17-9-8-16-6-4-12-22-19(16)13-17)23-20(24)11-10-15-5-2-3-7-18(15)21/h3-4,6,8-12,14-15H,5,7,13H2,1-2H3,(H,23,25);2-3,5,7-11,13-14,22H,4,6,12H2,1H3,(H,23,24)/b12-11+;11-10+. The zero-order valence-electron chi connectivity index (χ0n) is 28.3. The van der Waals surface area contributed by atoms with Gasteiger partial charge in [0.2, 0.25) is 11.8 Å². The lowest BCUT2D eigenvalue weighted by Gasteiger charge is -2.28. The first-order valence-corrected chi connectivity index (χ1v) is 16.8. The van der Waals surface area contributed by atoms with Crippen molar-refractivity contribution in [2.24, 2.45) is 0 Å². The van der Waals surface area contributed by atoms with E-state index in [1.165, 1.54) is 59.7 Å². The van der Waals surface area contributed by atoms with E-state index in [1.807, 2.05) is 13.8 Å². The highest BCUT2D eigenvalue weighted by Crippen LogP contribution is 2.29. The third kappa shape index (κ3) is 9.66. The number of hydrogen-bond acceptors (Lipinski definition) is 4. The zero-order valence-corrected chi connectivity index (χ0v) is 28.3. The molecule has 4 aromatic rings. The minimum Gasteiger partial charge on any atom is -0.385 e. The fourth-order valence-corrected chi connectivity index (χ4v) is 6.03. The van der Waals surface area contributed by atoms with Crippen molar-refractivity contribution in [3.63, 3.8) is 0 Å². The highest BCUT2D eigenvalue weighted by atomic mass is 19.1. The number of carbonyl (C=O) groups is 2. The van der Waals surface area contributed by atoms with Crippen LogP contribution in [0.5, 0.6) is 0 Å². The van der Waals surface area contributed by atoms with Gasteiger partial charge < -0.3 is 20.9 Å². The number of halogens is 2. The van der Waals surface area contributed by atoms with E-state index in [1.54, 1.807) is 36.4 Å². The Balaban J connectivity index is 0.000000191. The minimum absolute atomic E-state index is 0.113. The molecule has 3 N–H and O–H groups in total. The lowest BCUT2D eigenvalue weighted by molar-refractivity contribution is -0.117. The molecule has 49 heavy (non-hydrogen) atoms. The van der Waals surface area contributed by atoms with Crippen LogP contribution in [-0.2, 0) is 22.4 Å². The summed E-state index contributed by atoms with van der Waals surface area (Å²) in [6, 6.07) is 25.2. The number of carbonyl (C=O) groups excluding carboxylic acids is 2. The highest BCUT2D eigenvalue weighted by Gasteiger charge is 2.17. The van der Waals surface area contributed by atoms with Crippen molar-refractivity contribution < 1.29 is 18.4 Å². The Hall–Kier alpha value is -5.24. The summed E-state index contributed by atoms with van der Waals surface area (Å²) in [4.78, 5) is 26.5. The molecule has 0 aromatic heterocycles. The van der Waals surface area contributed by atoms with Gasteiger partial charge in [0.05, 0.1) is 12.1 Å². The van der Waals surface area contributed by atoms with Crippen molar-refractivity contribution in [3.8, 4) is 0 Å². The average molecular weight is 663 g/mol. The molecule has 0 fully saturated rings. The second-order valence-corrected chi connectivity index (χ2v) is 12.5. The van der Waals surface area contributed by atoms with E-state index in [0.717, 1.165) is 49.2 Å². The maximum atomic E-state index is 13.6. The predicted molar refractivity (Wildman–Crippen MR) is 195 cm³/mol. The van der Waals surface area contributed by atoms with E-state index >= 15 is 0 Å². The van der Waals surface area contributed by atoms with Gasteiger partial charge in [-0.2, -0.15) is 0 Å². The molecule has 2 unspecified atom stereocenters. The largest absolute Gasteiger partial charge is 0.385 e. The molecule has 0 spiro atoms. The van der Waals surface area contributed by atoms with Crippen molar-refractivity contribution in [3.05, 3.63) is 142 Å². The molecule has 2 heterocycles. The van der Waals surface area contributed by atoms with Crippen LogP contribution in [0.3, 0.4) is 0 Å². The van der Waals surface area contributed by atoms with Gasteiger partial charge in [0, 0.05) is 54.8 Å². The SMILES string of the molecule is CC(NC(=O)/C=C/c1ccccc1F)c1ccc2c(c1)N(C)CCC2.CC(NC(=O)/C=C/c1ccccc1F)c1ccc2c(c1)NCCC2. The van der Waals surface area contributed by atoms with Crippen LogP contribution in [0.15, 0.2) is 97.1 Å². The van der Waals surface area contributed by atoms with Gasteiger partial charge in [0.25, 0.3) is 0 Å². The molecule has 0 saturated carbocycles. The highest BCUT2D eigenvalue weighted by molar-refractivity contribution is 5.92. The van der Waals surface area contributed by atoms with Crippen LogP contribution in [-0.4, -0.2) is 32.0 Å². The van der Waals surface area contributed by atoms with Crippen LogP contribution in [0, 0.1) is 11.6 Å². The summed E-state index contributed by atoms with van der Waals surface area (Å²) in [6.07, 6.45) is 10.3. The third-order valence-corrected chi connectivity index (χ3v) is 8.89. The number of amides is 2. The van der Waals surface area contributed by atoms with Gasteiger partial charge in [-0.1, -0.05) is 60.7 Å². The molecule has 2 atom stereocenters. The summed E-state index contributed by atoms with van der Waals surface area (Å²) >= 11 is 0. The fourth-order valence-electron chi connectivity index (χ4n) is 6.03. The van der Waals surface area contributed by atoms with Crippen LogP contribution in [0.25, 0.3) is 12.2 Å². The van der Waals surface area contributed by atoms with E-state index in [9.17, 15) is 18.4 Å². The summed E-state index contributed by atoms with van der Waals surface area (Å²) in [6.45, 7) is 5.95. The second-order valence-electron chi connectivity index (χ2n) is 12.5. The quantitative estimate of drug-likeness (QED) is 0.167. The van der Waals surface area contributed by atoms with Crippen LogP contribution in [0.4, 0.5) is 20.2 Å². The number of nitrogens with one attached hydrogen (secondary N) is 3. The van der Waals surface area contributed by atoms with E-state index in [0.29, 0.717) is 11.1 Å². The normalized spacial score (nSPS) is 14.9. The van der Waals surface area contributed by atoms with Crippen molar-refractivity contribution >= 4 is 35.3 Å². The molecule has 2 aliphatic heterocycles. The summed E-state index contributed by atoms with van der Waals surface area (Å²) in [7, 11) is 2.10. The van der Waals surface area contributed by atoms with Crippen molar-refractivity contribution in [2.75, 3.05) is 30.4 Å². The van der Waals surface area contributed by atoms with Gasteiger partial charge in [0.1, 0.15) is 11.6 Å². The topological polar surface area (TPSA) is 73.5 Å². The third-order valence-electron chi connectivity index (χ3n) is 8.89. The summed E-state index contributed by atoms with van der Waals surface area (Å²) in [5.74, 6) is -1.15. The van der Waals surface area contributed by atoms with Gasteiger partial charge in [0.15, 0.2) is 0 Å². The Morgan fingerprint density at radius 1 is 0.735 bits per heavy atom. The van der Waals surface area contributed by atoms with Gasteiger partial charge in [-0.3, -0.25) is 9.59 Å². The van der Waals surface area contributed by atoms with E-state index in [4.69, 9.17) is 0 Å². The first kappa shape index (κ1) is 35.1. The molecular weight excluding hydrogens is 618 g/mol. The van der Waals surface area contributed by atoms with Crippen LogP contribution >= 0.6 is 0 Å². The summed E-state index contributed by atoms with van der Waals surface area (Å²) < 4.78 is 27.1. The first-order chi connectivity index (χ1) is 23.7. The number of benzene rings is 4. The van der Waals surface area contributed by atoms with Crippen molar-refractivity contribution in [1.29, 1.82) is 0 Å². The molecule has 0 bridgehead atoms. The molecule has 6 rings (SSSR count). The lowest BCUT2D eigenvalue weighted by atomic mass is 9.97. The number of hydrogen-bond donors (Lipinski definition) is 3. The van der Waals surface area contributed by atoms with E-state index in [2.05, 4.69) is 64.3 Å². The maximum absolute atomic E-state index is 13.6. The molecule has 0 radical (unpaired) electrons. The van der Waals surface area contributed by atoms with Crippen molar-refractivity contribution in [1.82, 2.24) is 10.6 Å². The van der Waals surface area contributed by atoms with Crippen LogP contribution in [0.1, 0.15) is 72.2 Å². The molecule has 8 heteroatoms. The van der Waals surface area contributed by atoms with Gasteiger partial charge in [-0.15, -0.1) is 0 Å². The lowest BCUT2D eigenvalue weighted by Crippen LogP contribution is -2.27. The smallest absolute Gasteiger partial charge is 0.244 e. The van der Waals surface area contributed by atoms with E-state index in [-0.39, 0.29) is 35.5 Å². The average Bonchev–Trinajstić information content (AvgIpc) is 3.11. The Bertz CT molecular complexity index is 1840. The molecule has 0 saturated heterocycles. The molecule has 254 valence electrons. The fraction of sp³-hybridized carbons (Fsp3) is 0.268. The molecule has 6 nitrogen and oxygen atoms in total. The molecule has 4 aromatic carbocycles. The Morgan fingerprint density at radius 3 is 1.86 bits per heavy atom. The number of fused-ring (bicyclic) bond motifs is 2. The first-order valence-electron chi connectivity index (χ1n) is 16.8. The Kier molecular flexibility index (Phi) is 12.0. The maximum Gasteiger partial charge on any atom is 0.244 e. The van der Waals surface area contributed by atoms with E-state index < -0.39 is 0 Å². The number of anilines is 2. The van der Waals surface area contributed by atoms with Gasteiger partial charge >= 0.3 is 0 Å². The monoisotopic (exact) mass is 662 g/mol. The van der Waals surface area contributed by atoms with Gasteiger partial charge in [-0.25, -0.2) is 8.78 Å². The second kappa shape index (κ2) is 16.7. The van der Waals surface area contributed by atoms with Crippen LogP contribution < -0.4 is 20.9 Å². The molecular formula is C41H44F2N4O2. The number of aryl methyl sites for hydroxylation is 2. The summed E-state index contributed by atoms with van der Waals surface area (Å²) in [5, 5.41) is 9.25. The van der Waals surface area contributed by atoms with Gasteiger partial charge in [-0.05, 0) is 98.2 Å². The number of rotatable bonds is 8. The zero-order chi connectivity index (χ0) is 34.8. The number of nitrogens with zero attached hydrogens (tertiary/aromatic N) is 1. The Morgan fingerprint density at radius 2 is 1.27 bits per heavy atom. The minimum atomic E-state index is -0.338. The molecule has 0 aliphatic carbocycles. The predicted octanol–water partition coefficient (Wildman–Crippen LogP) is 8.17. The summed E-state index contributed by atoms with van der Waals surface area (Å²) in [5.41, 5.74) is 8.00. The molecule has 2 amide bonds. The Labute approximate surface area is 287 Å². The van der Waals surface area contributed by atoms with Crippen molar-refractivity contribution in [2.45, 2.75) is 51.6 Å². The van der Waals surface area contributed by atoms with Crippen LogP contribution in [0.2, 0.25) is 0 Å².